The maximum Gasteiger partial charge on any atom is 0.258 e. The molecule has 0 atom stereocenters. The predicted octanol–water partition coefficient (Wildman–Crippen LogP) is 2.90. The van der Waals surface area contributed by atoms with E-state index in [0.717, 1.165) is 23.5 Å². The van der Waals surface area contributed by atoms with Gasteiger partial charge in [0.25, 0.3) is 11.8 Å². The number of fused-ring (bicyclic) bond motifs is 1. The minimum absolute atomic E-state index is 0.173. The molecule has 0 radical (unpaired) electrons. The van der Waals surface area contributed by atoms with Gasteiger partial charge in [-0.25, -0.2) is 0 Å². The summed E-state index contributed by atoms with van der Waals surface area (Å²) in [4.78, 5) is 26.5. The third-order valence-corrected chi connectivity index (χ3v) is 4.39. The molecule has 0 bridgehead atoms. The third kappa shape index (κ3) is 4.01. The Balaban J connectivity index is 1.94. The highest BCUT2D eigenvalue weighted by Crippen LogP contribution is 2.34. The van der Waals surface area contributed by atoms with E-state index in [1.807, 2.05) is 33.2 Å². The van der Waals surface area contributed by atoms with Gasteiger partial charge in [0, 0.05) is 41.8 Å². The molecule has 0 saturated heterocycles. The van der Waals surface area contributed by atoms with Crippen molar-refractivity contribution in [2.45, 2.75) is 13.5 Å². The lowest BCUT2D eigenvalue weighted by Crippen LogP contribution is -2.17. The molecular weight excluding hydrogens is 340 g/mol. The van der Waals surface area contributed by atoms with Gasteiger partial charge in [0.2, 0.25) is 0 Å². The Bertz CT molecular complexity index is 932. The maximum absolute atomic E-state index is 12.5. The Morgan fingerprint density at radius 1 is 1.15 bits per heavy atom. The Labute approximate surface area is 159 Å². The van der Waals surface area contributed by atoms with Crippen molar-refractivity contribution in [1.29, 1.82) is 0 Å². The van der Waals surface area contributed by atoms with Crippen LogP contribution < -0.4 is 16.0 Å². The number of benzene rings is 2. The first kappa shape index (κ1) is 18.7. The Morgan fingerprint density at radius 2 is 1.93 bits per heavy atom. The van der Waals surface area contributed by atoms with Crippen molar-refractivity contribution < 1.29 is 9.59 Å². The van der Waals surface area contributed by atoms with Crippen LogP contribution in [0.4, 0.5) is 11.4 Å². The van der Waals surface area contributed by atoms with Gasteiger partial charge in [-0.15, -0.1) is 0 Å². The van der Waals surface area contributed by atoms with E-state index in [0.29, 0.717) is 16.8 Å². The fourth-order valence-corrected chi connectivity index (χ4v) is 3.22. The van der Waals surface area contributed by atoms with E-state index >= 15 is 0 Å². The summed E-state index contributed by atoms with van der Waals surface area (Å²) in [6.45, 7) is 2.71. The van der Waals surface area contributed by atoms with Crippen LogP contribution in [0.15, 0.2) is 48.2 Å². The first-order valence-electron chi connectivity index (χ1n) is 8.78. The quantitative estimate of drug-likeness (QED) is 0.714. The van der Waals surface area contributed by atoms with Gasteiger partial charge in [-0.05, 0) is 56.9 Å². The molecule has 3 N–H and O–H groups in total. The molecule has 1 aliphatic rings. The number of nitrogens with zero attached hydrogens (tertiary/aromatic N) is 1. The van der Waals surface area contributed by atoms with Crippen molar-refractivity contribution in [2.75, 3.05) is 31.8 Å². The standard InChI is InChI=1S/C21H24N4O2/c1-13(23-16-7-5-6-14(10-16)12-25(3)4)19-17-11-15(20(26)22-2)8-9-18(17)24-21(19)27/h5-11,23H,12H2,1-4H3,(H,22,26)(H,24,27). The molecule has 0 spiro atoms. The van der Waals surface area contributed by atoms with Crippen molar-refractivity contribution in [3.63, 3.8) is 0 Å². The van der Waals surface area contributed by atoms with Crippen LogP contribution in [-0.2, 0) is 11.3 Å². The molecule has 2 aromatic carbocycles. The molecule has 2 aromatic rings. The number of hydrogen-bond donors (Lipinski definition) is 3. The van der Waals surface area contributed by atoms with Gasteiger partial charge in [-0.1, -0.05) is 12.1 Å². The Kier molecular flexibility index (Phi) is 5.28. The second-order valence-electron chi connectivity index (χ2n) is 6.86. The zero-order valence-electron chi connectivity index (χ0n) is 16.0. The van der Waals surface area contributed by atoms with E-state index in [2.05, 4.69) is 33.0 Å². The monoisotopic (exact) mass is 364 g/mol. The Morgan fingerprint density at radius 3 is 2.63 bits per heavy atom. The first-order chi connectivity index (χ1) is 12.9. The van der Waals surface area contributed by atoms with Crippen molar-refractivity contribution in [3.8, 4) is 0 Å². The zero-order chi connectivity index (χ0) is 19.6. The lowest BCUT2D eigenvalue weighted by Gasteiger charge is -2.13. The summed E-state index contributed by atoms with van der Waals surface area (Å²) in [6.07, 6.45) is 0. The van der Waals surface area contributed by atoms with Crippen LogP contribution in [0, 0.1) is 0 Å². The SMILES string of the molecule is CNC(=O)c1ccc2c(c1)C(=C(C)Nc1cccc(CN(C)C)c1)C(=O)N2. The van der Waals surface area contributed by atoms with Gasteiger partial charge >= 0.3 is 0 Å². The number of allylic oxidation sites excluding steroid dienone is 1. The van der Waals surface area contributed by atoms with Crippen molar-refractivity contribution >= 4 is 28.8 Å². The molecule has 0 saturated carbocycles. The fourth-order valence-electron chi connectivity index (χ4n) is 3.22. The molecule has 0 aliphatic carbocycles. The number of hydrogen-bond acceptors (Lipinski definition) is 4. The second kappa shape index (κ2) is 7.63. The minimum atomic E-state index is -0.182. The van der Waals surface area contributed by atoms with Crippen molar-refractivity contribution in [3.05, 3.63) is 64.9 Å². The molecule has 1 heterocycles. The molecule has 6 heteroatoms. The summed E-state index contributed by atoms with van der Waals surface area (Å²) >= 11 is 0. The lowest BCUT2D eigenvalue weighted by molar-refractivity contribution is -0.110. The summed E-state index contributed by atoms with van der Waals surface area (Å²) in [6, 6.07) is 13.3. The summed E-state index contributed by atoms with van der Waals surface area (Å²) in [7, 11) is 5.64. The van der Waals surface area contributed by atoms with Gasteiger partial charge in [-0.2, -0.15) is 0 Å². The fraction of sp³-hybridized carbons (Fsp3) is 0.238. The van der Waals surface area contributed by atoms with Crippen LogP contribution in [-0.4, -0.2) is 37.9 Å². The van der Waals surface area contributed by atoms with E-state index in [-0.39, 0.29) is 11.8 Å². The number of amides is 2. The van der Waals surface area contributed by atoms with Gasteiger partial charge in [0.15, 0.2) is 0 Å². The summed E-state index contributed by atoms with van der Waals surface area (Å²) in [5.74, 6) is -0.355. The normalized spacial score (nSPS) is 14.6. The third-order valence-electron chi connectivity index (χ3n) is 4.39. The summed E-state index contributed by atoms with van der Waals surface area (Å²) < 4.78 is 0. The van der Waals surface area contributed by atoms with Crippen LogP contribution in [0.2, 0.25) is 0 Å². The lowest BCUT2D eigenvalue weighted by atomic mass is 10.0. The number of nitrogens with one attached hydrogen (secondary N) is 3. The highest BCUT2D eigenvalue weighted by molar-refractivity contribution is 6.32. The van der Waals surface area contributed by atoms with Gasteiger partial charge in [-0.3, -0.25) is 9.59 Å². The molecule has 140 valence electrons. The predicted molar refractivity (Wildman–Crippen MR) is 109 cm³/mol. The highest BCUT2D eigenvalue weighted by atomic mass is 16.2. The molecule has 3 rings (SSSR count). The number of carbonyl (C=O) groups excluding carboxylic acids is 2. The zero-order valence-corrected chi connectivity index (χ0v) is 16.0. The van der Waals surface area contributed by atoms with E-state index in [1.165, 1.54) is 5.56 Å². The number of carbonyl (C=O) groups is 2. The van der Waals surface area contributed by atoms with E-state index in [1.54, 1.807) is 25.2 Å². The first-order valence-corrected chi connectivity index (χ1v) is 8.78. The van der Waals surface area contributed by atoms with Gasteiger partial charge in [0.1, 0.15) is 0 Å². The average molecular weight is 364 g/mol. The van der Waals surface area contributed by atoms with E-state index in [9.17, 15) is 9.59 Å². The molecule has 2 amide bonds. The molecule has 0 aromatic heterocycles. The smallest absolute Gasteiger partial charge is 0.258 e. The van der Waals surface area contributed by atoms with Crippen LogP contribution in [0.5, 0.6) is 0 Å². The number of anilines is 2. The Hall–Kier alpha value is -3.12. The molecule has 27 heavy (non-hydrogen) atoms. The van der Waals surface area contributed by atoms with Gasteiger partial charge < -0.3 is 20.9 Å². The van der Waals surface area contributed by atoms with Gasteiger partial charge in [0.05, 0.1) is 5.57 Å². The number of rotatable bonds is 5. The van der Waals surface area contributed by atoms with Crippen LogP contribution >= 0.6 is 0 Å². The van der Waals surface area contributed by atoms with Crippen molar-refractivity contribution in [2.24, 2.45) is 0 Å². The largest absolute Gasteiger partial charge is 0.358 e. The highest BCUT2D eigenvalue weighted by Gasteiger charge is 2.27. The van der Waals surface area contributed by atoms with Crippen LogP contribution in [0.3, 0.4) is 0 Å². The minimum Gasteiger partial charge on any atom is -0.358 e. The molecule has 1 aliphatic heterocycles. The van der Waals surface area contributed by atoms with Crippen LogP contribution in [0.1, 0.15) is 28.4 Å². The summed E-state index contributed by atoms with van der Waals surface area (Å²) in [5, 5.41) is 8.80. The molecule has 0 fully saturated rings. The second-order valence-corrected chi connectivity index (χ2v) is 6.86. The molecular formula is C21H24N4O2. The van der Waals surface area contributed by atoms with E-state index < -0.39 is 0 Å². The topological polar surface area (TPSA) is 73.5 Å². The van der Waals surface area contributed by atoms with Crippen LogP contribution in [0.25, 0.3) is 5.57 Å². The van der Waals surface area contributed by atoms with E-state index in [4.69, 9.17) is 0 Å². The van der Waals surface area contributed by atoms with Crippen molar-refractivity contribution in [1.82, 2.24) is 10.2 Å². The molecule has 0 unspecified atom stereocenters. The molecule has 6 nitrogen and oxygen atoms in total. The average Bonchev–Trinajstić information content (AvgIpc) is 2.95. The summed E-state index contributed by atoms with van der Waals surface area (Å²) in [5.41, 5.74) is 5.35. The maximum atomic E-state index is 12.5.